The van der Waals surface area contributed by atoms with E-state index in [0.29, 0.717) is 6.42 Å². The summed E-state index contributed by atoms with van der Waals surface area (Å²) in [6.45, 7) is 4.17. The highest BCUT2D eigenvalue weighted by atomic mass is 15.1. The van der Waals surface area contributed by atoms with E-state index >= 15 is 0 Å². The van der Waals surface area contributed by atoms with Crippen LogP contribution in [0.25, 0.3) is 0 Å². The molecule has 0 aliphatic carbocycles. The van der Waals surface area contributed by atoms with Crippen molar-refractivity contribution in [3.05, 3.63) is 35.4 Å². The van der Waals surface area contributed by atoms with Crippen LogP contribution in [0.15, 0.2) is 24.3 Å². The lowest BCUT2D eigenvalue weighted by Gasteiger charge is -2.16. The summed E-state index contributed by atoms with van der Waals surface area (Å²) in [7, 11) is 2.11. The SMILES string of the molecule is CCCc1ccc(CN(C)CCCC#N)cc1. The lowest BCUT2D eigenvalue weighted by atomic mass is 10.1. The van der Waals surface area contributed by atoms with Crippen molar-refractivity contribution in [1.82, 2.24) is 4.90 Å². The minimum atomic E-state index is 0.653. The van der Waals surface area contributed by atoms with Gasteiger partial charge in [-0.3, -0.25) is 0 Å². The Balaban J connectivity index is 2.38. The van der Waals surface area contributed by atoms with E-state index in [1.807, 2.05) is 0 Å². The number of unbranched alkanes of at least 4 members (excludes halogenated alkanes) is 1. The summed E-state index contributed by atoms with van der Waals surface area (Å²) >= 11 is 0. The smallest absolute Gasteiger partial charge is 0.0622 e. The first-order valence-electron chi connectivity index (χ1n) is 6.39. The quantitative estimate of drug-likeness (QED) is 0.671. The summed E-state index contributed by atoms with van der Waals surface area (Å²) in [5.41, 5.74) is 2.77. The van der Waals surface area contributed by atoms with Gasteiger partial charge in [0.15, 0.2) is 0 Å². The molecule has 0 bridgehead atoms. The molecule has 1 rings (SSSR count). The van der Waals surface area contributed by atoms with Crippen LogP contribution in [-0.4, -0.2) is 18.5 Å². The standard InChI is InChI=1S/C15H22N2/c1-3-6-14-7-9-15(10-8-14)13-17(2)12-5-4-11-16/h7-10H,3-6,12-13H2,1-2H3. The first kappa shape index (κ1) is 13.7. The predicted octanol–water partition coefficient (Wildman–Crippen LogP) is 3.37. The Morgan fingerprint density at radius 1 is 1.18 bits per heavy atom. The molecule has 92 valence electrons. The van der Waals surface area contributed by atoms with Gasteiger partial charge < -0.3 is 4.90 Å². The fourth-order valence-electron chi connectivity index (χ4n) is 1.92. The van der Waals surface area contributed by atoms with E-state index in [1.54, 1.807) is 0 Å². The summed E-state index contributed by atoms with van der Waals surface area (Å²) < 4.78 is 0. The number of nitriles is 1. The number of hydrogen-bond donors (Lipinski definition) is 0. The van der Waals surface area contributed by atoms with Crippen LogP contribution in [0.3, 0.4) is 0 Å². The number of rotatable bonds is 7. The van der Waals surface area contributed by atoms with Crippen LogP contribution < -0.4 is 0 Å². The lowest BCUT2D eigenvalue weighted by molar-refractivity contribution is 0.323. The molecule has 0 heterocycles. The zero-order valence-electron chi connectivity index (χ0n) is 10.9. The van der Waals surface area contributed by atoms with Crippen molar-refractivity contribution in [1.29, 1.82) is 5.26 Å². The summed E-state index contributed by atoms with van der Waals surface area (Å²) in [6.07, 6.45) is 3.98. The van der Waals surface area contributed by atoms with E-state index < -0.39 is 0 Å². The number of hydrogen-bond acceptors (Lipinski definition) is 2. The minimum absolute atomic E-state index is 0.653. The highest BCUT2D eigenvalue weighted by molar-refractivity contribution is 5.22. The van der Waals surface area contributed by atoms with E-state index in [4.69, 9.17) is 5.26 Å². The molecule has 0 aliphatic rings. The van der Waals surface area contributed by atoms with Gasteiger partial charge >= 0.3 is 0 Å². The van der Waals surface area contributed by atoms with Gasteiger partial charge in [0.1, 0.15) is 0 Å². The first-order valence-corrected chi connectivity index (χ1v) is 6.39. The number of aryl methyl sites for hydroxylation is 1. The maximum absolute atomic E-state index is 8.48. The average molecular weight is 230 g/mol. The lowest BCUT2D eigenvalue weighted by Crippen LogP contribution is -2.18. The maximum atomic E-state index is 8.48. The van der Waals surface area contributed by atoms with E-state index in [9.17, 15) is 0 Å². The summed E-state index contributed by atoms with van der Waals surface area (Å²) in [4.78, 5) is 2.27. The molecule has 0 saturated heterocycles. The van der Waals surface area contributed by atoms with Crippen LogP contribution >= 0.6 is 0 Å². The van der Waals surface area contributed by atoms with Gasteiger partial charge in [-0.05, 0) is 37.6 Å². The Kier molecular flexibility index (Phi) is 6.35. The Morgan fingerprint density at radius 3 is 2.41 bits per heavy atom. The Labute approximate surface area is 105 Å². The van der Waals surface area contributed by atoms with E-state index in [-0.39, 0.29) is 0 Å². The summed E-state index contributed by atoms with van der Waals surface area (Å²) in [6, 6.07) is 11.1. The van der Waals surface area contributed by atoms with Gasteiger partial charge in [-0.25, -0.2) is 0 Å². The van der Waals surface area contributed by atoms with E-state index in [1.165, 1.54) is 17.5 Å². The molecule has 1 aromatic rings. The van der Waals surface area contributed by atoms with Crippen molar-refractivity contribution in [3.8, 4) is 6.07 Å². The molecule has 0 unspecified atom stereocenters. The van der Waals surface area contributed by atoms with Crippen LogP contribution in [0.5, 0.6) is 0 Å². The number of benzene rings is 1. The van der Waals surface area contributed by atoms with E-state index in [0.717, 1.165) is 25.9 Å². The van der Waals surface area contributed by atoms with Crippen molar-refractivity contribution >= 4 is 0 Å². The molecule has 2 heteroatoms. The molecule has 0 aliphatic heterocycles. The van der Waals surface area contributed by atoms with E-state index in [2.05, 4.69) is 49.2 Å². The van der Waals surface area contributed by atoms with Gasteiger partial charge in [-0.1, -0.05) is 37.6 Å². The predicted molar refractivity (Wildman–Crippen MR) is 71.6 cm³/mol. The van der Waals surface area contributed by atoms with Gasteiger partial charge in [0.2, 0.25) is 0 Å². The average Bonchev–Trinajstić information content (AvgIpc) is 2.32. The molecule has 2 nitrogen and oxygen atoms in total. The topological polar surface area (TPSA) is 27.0 Å². The fourth-order valence-corrected chi connectivity index (χ4v) is 1.92. The summed E-state index contributed by atoms with van der Waals surface area (Å²) in [5.74, 6) is 0. The third-order valence-electron chi connectivity index (χ3n) is 2.84. The zero-order chi connectivity index (χ0) is 12.5. The molecule has 0 saturated carbocycles. The molecule has 0 radical (unpaired) electrons. The Bertz CT molecular complexity index is 348. The van der Waals surface area contributed by atoms with Crippen LogP contribution in [0.1, 0.15) is 37.3 Å². The largest absolute Gasteiger partial charge is 0.302 e. The molecular formula is C15H22N2. The fraction of sp³-hybridized carbons (Fsp3) is 0.533. The van der Waals surface area contributed by atoms with Gasteiger partial charge in [0.25, 0.3) is 0 Å². The second-order valence-corrected chi connectivity index (χ2v) is 4.57. The van der Waals surface area contributed by atoms with Gasteiger partial charge in [-0.2, -0.15) is 5.26 Å². The third kappa shape index (κ3) is 5.51. The number of nitrogens with zero attached hydrogens (tertiary/aromatic N) is 2. The van der Waals surface area contributed by atoms with Crippen LogP contribution in [-0.2, 0) is 13.0 Å². The maximum Gasteiger partial charge on any atom is 0.0622 e. The van der Waals surface area contributed by atoms with Crippen molar-refractivity contribution in [2.45, 2.75) is 39.2 Å². The summed E-state index contributed by atoms with van der Waals surface area (Å²) in [5, 5.41) is 8.48. The van der Waals surface area contributed by atoms with Crippen LogP contribution in [0.2, 0.25) is 0 Å². The molecule has 0 atom stereocenters. The van der Waals surface area contributed by atoms with Crippen molar-refractivity contribution in [2.75, 3.05) is 13.6 Å². The molecule has 0 amide bonds. The Hall–Kier alpha value is -1.33. The first-order chi connectivity index (χ1) is 8.26. The highest BCUT2D eigenvalue weighted by Crippen LogP contribution is 2.08. The molecule has 0 N–H and O–H groups in total. The molecule has 17 heavy (non-hydrogen) atoms. The van der Waals surface area contributed by atoms with Crippen molar-refractivity contribution in [2.24, 2.45) is 0 Å². The zero-order valence-corrected chi connectivity index (χ0v) is 10.9. The molecule has 0 spiro atoms. The molecular weight excluding hydrogens is 208 g/mol. The van der Waals surface area contributed by atoms with Gasteiger partial charge in [-0.15, -0.1) is 0 Å². The van der Waals surface area contributed by atoms with Crippen molar-refractivity contribution < 1.29 is 0 Å². The Morgan fingerprint density at radius 2 is 1.82 bits per heavy atom. The van der Waals surface area contributed by atoms with Gasteiger partial charge in [0, 0.05) is 13.0 Å². The normalized spacial score (nSPS) is 10.5. The second kappa shape index (κ2) is 7.86. The minimum Gasteiger partial charge on any atom is -0.302 e. The van der Waals surface area contributed by atoms with Crippen LogP contribution in [0, 0.1) is 11.3 Å². The van der Waals surface area contributed by atoms with Crippen molar-refractivity contribution in [3.63, 3.8) is 0 Å². The van der Waals surface area contributed by atoms with Gasteiger partial charge in [0.05, 0.1) is 6.07 Å². The molecule has 0 aromatic heterocycles. The highest BCUT2D eigenvalue weighted by Gasteiger charge is 2.00. The van der Waals surface area contributed by atoms with Crippen LogP contribution in [0.4, 0.5) is 0 Å². The monoisotopic (exact) mass is 230 g/mol. The molecule has 0 fully saturated rings. The third-order valence-corrected chi connectivity index (χ3v) is 2.84. The second-order valence-electron chi connectivity index (χ2n) is 4.57. The molecule has 1 aromatic carbocycles.